The highest BCUT2D eigenvalue weighted by Crippen LogP contribution is 2.27. The van der Waals surface area contributed by atoms with E-state index in [2.05, 4.69) is 72.0 Å². The molecular formula is C18H46O7Si5. The maximum absolute atomic E-state index is 10.2. The van der Waals surface area contributed by atoms with Gasteiger partial charge in [0.15, 0.2) is 16.6 Å². The van der Waals surface area contributed by atoms with E-state index in [0.29, 0.717) is 13.1 Å². The summed E-state index contributed by atoms with van der Waals surface area (Å²) in [5.74, 6) is 0. The van der Waals surface area contributed by atoms with Crippen LogP contribution in [0.15, 0.2) is 0 Å². The van der Waals surface area contributed by atoms with E-state index >= 15 is 0 Å². The molecule has 0 aromatic carbocycles. The third-order valence-electron chi connectivity index (χ3n) is 3.78. The molecule has 0 heterocycles. The molecule has 0 aromatic heterocycles. The molecule has 0 radical (unpaired) electrons. The first-order valence-corrected chi connectivity index (χ1v) is 25.7. The molecule has 0 aliphatic heterocycles. The van der Waals surface area contributed by atoms with E-state index in [1.54, 1.807) is 0 Å². The Hall–Kier alpha value is 0.354. The van der Waals surface area contributed by atoms with Gasteiger partial charge in [-0.3, -0.25) is 4.79 Å². The van der Waals surface area contributed by atoms with Crippen LogP contribution in [0.3, 0.4) is 0 Å². The number of ether oxygens (including phenoxy) is 2. The van der Waals surface area contributed by atoms with Crippen molar-refractivity contribution in [3.05, 3.63) is 0 Å². The fraction of sp³-hybridized carbons (Fsp3) is 0.944. The molecule has 7 nitrogen and oxygen atoms in total. The zero-order chi connectivity index (χ0) is 23.9. The normalized spacial score (nSPS) is 15.2. The summed E-state index contributed by atoms with van der Waals surface area (Å²) in [5, 5.41) is 0. The molecule has 180 valence electrons. The average molecular weight is 515 g/mol. The minimum Gasteiger partial charge on any atom is -0.465 e. The van der Waals surface area contributed by atoms with Crippen molar-refractivity contribution in [1.82, 2.24) is 0 Å². The van der Waals surface area contributed by atoms with Crippen molar-refractivity contribution in [1.29, 1.82) is 0 Å². The second kappa shape index (κ2) is 12.0. The van der Waals surface area contributed by atoms with Crippen molar-refractivity contribution in [2.45, 2.75) is 97.5 Å². The summed E-state index contributed by atoms with van der Waals surface area (Å²) < 4.78 is 36.4. The molecule has 0 aromatic rings. The zero-order valence-corrected chi connectivity index (χ0v) is 26.3. The first kappa shape index (κ1) is 30.4. The van der Waals surface area contributed by atoms with Gasteiger partial charge in [-0.2, -0.15) is 0 Å². The van der Waals surface area contributed by atoms with E-state index in [4.69, 9.17) is 25.9 Å². The Morgan fingerprint density at radius 1 is 0.733 bits per heavy atom. The van der Waals surface area contributed by atoms with Crippen LogP contribution in [0.2, 0.25) is 78.1 Å². The standard InChI is InChI=1S/C18H46O7Si5/c1-18(16-20-17-19)21-14-13-15-27(5,6)23-29(9,10)25-30(11,12)24-28(7,8)22-26(2,3)4/h17-18H,13-16H2,1-12H3. The number of hydrogen-bond acceptors (Lipinski definition) is 7. The van der Waals surface area contributed by atoms with Gasteiger partial charge in [-0.25, -0.2) is 0 Å². The highest BCUT2D eigenvalue weighted by atomic mass is 28.5. The van der Waals surface area contributed by atoms with Crippen LogP contribution in [0.5, 0.6) is 0 Å². The van der Waals surface area contributed by atoms with Crippen LogP contribution in [0.4, 0.5) is 0 Å². The minimum absolute atomic E-state index is 0.0927. The van der Waals surface area contributed by atoms with Crippen molar-refractivity contribution in [3.8, 4) is 0 Å². The fourth-order valence-corrected chi connectivity index (χ4v) is 27.4. The number of carbonyl (C=O) groups is 1. The summed E-state index contributed by atoms with van der Waals surface area (Å²) in [7, 11) is -10.6. The van der Waals surface area contributed by atoms with Crippen molar-refractivity contribution in [3.63, 3.8) is 0 Å². The molecule has 0 aliphatic rings. The van der Waals surface area contributed by atoms with E-state index in [1.807, 2.05) is 6.92 Å². The molecule has 1 unspecified atom stereocenters. The topological polar surface area (TPSA) is 72.5 Å². The Balaban J connectivity index is 4.66. The van der Waals surface area contributed by atoms with Gasteiger partial charge in [0.25, 0.3) is 6.47 Å². The molecule has 0 bridgehead atoms. The van der Waals surface area contributed by atoms with Crippen LogP contribution in [0.25, 0.3) is 0 Å². The summed E-state index contributed by atoms with van der Waals surface area (Å²) in [6.45, 7) is 26.9. The van der Waals surface area contributed by atoms with Crippen molar-refractivity contribution in [2.75, 3.05) is 13.2 Å². The van der Waals surface area contributed by atoms with Crippen molar-refractivity contribution >= 4 is 48.8 Å². The van der Waals surface area contributed by atoms with Gasteiger partial charge in [-0.05, 0) is 91.4 Å². The van der Waals surface area contributed by atoms with Gasteiger partial charge in [0.2, 0.25) is 0 Å². The molecule has 0 fully saturated rings. The van der Waals surface area contributed by atoms with Gasteiger partial charge >= 0.3 is 25.7 Å². The van der Waals surface area contributed by atoms with E-state index in [-0.39, 0.29) is 12.7 Å². The molecule has 0 spiro atoms. The van der Waals surface area contributed by atoms with E-state index < -0.39 is 42.3 Å². The number of rotatable bonds is 16. The molecule has 0 saturated heterocycles. The maximum atomic E-state index is 10.2. The predicted molar refractivity (Wildman–Crippen MR) is 134 cm³/mol. The lowest BCUT2D eigenvalue weighted by atomic mass is 10.4. The molecule has 12 heteroatoms. The Kier molecular flexibility index (Phi) is 12.1. The zero-order valence-electron chi connectivity index (χ0n) is 21.3. The lowest BCUT2D eigenvalue weighted by molar-refractivity contribution is -0.132. The minimum atomic E-state index is -2.39. The smallest absolute Gasteiger partial charge is 0.314 e. The first-order chi connectivity index (χ1) is 13.3. The molecule has 0 saturated carbocycles. The van der Waals surface area contributed by atoms with Gasteiger partial charge < -0.3 is 25.9 Å². The maximum Gasteiger partial charge on any atom is 0.314 e. The Morgan fingerprint density at radius 2 is 1.20 bits per heavy atom. The third-order valence-corrected chi connectivity index (χ3v) is 21.8. The largest absolute Gasteiger partial charge is 0.465 e. The van der Waals surface area contributed by atoms with Crippen LogP contribution in [0, 0.1) is 0 Å². The fourth-order valence-electron chi connectivity index (χ4n) is 3.71. The Bertz CT molecular complexity index is 522. The second-order valence-corrected chi connectivity index (χ2v) is 30.6. The average Bonchev–Trinajstić information content (AvgIpc) is 2.42. The molecule has 0 amide bonds. The lowest BCUT2D eigenvalue weighted by Crippen LogP contribution is -2.58. The van der Waals surface area contributed by atoms with E-state index in [9.17, 15) is 4.79 Å². The summed E-state index contributed by atoms with van der Waals surface area (Å²) in [6.07, 6.45) is 0.820. The summed E-state index contributed by atoms with van der Waals surface area (Å²) in [5.41, 5.74) is 0. The quantitative estimate of drug-likeness (QED) is 0.160. The van der Waals surface area contributed by atoms with E-state index in [1.165, 1.54) is 0 Å². The molecule has 30 heavy (non-hydrogen) atoms. The van der Waals surface area contributed by atoms with Gasteiger partial charge in [0.05, 0.1) is 6.10 Å². The summed E-state index contributed by atoms with van der Waals surface area (Å²) in [4.78, 5) is 10.2. The summed E-state index contributed by atoms with van der Waals surface area (Å²) >= 11 is 0. The molecule has 1 atom stereocenters. The van der Waals surface area contributed by atoms with Gasteiger partial charge in [-0.15, -0.1) is 0 Å². The molecule has 0 N–H and O–H groups in total. The molecule has 0 aliphatic carbocycles. The van der Waals surface area contributed by atoms with Gasteiger partial charge in [0.1, 0.15) is 6.61 Å². The lowest BCUT2D eigenvalue weighted by Gasteiger charge is -2.42. The third kappa shape index (κ3) is 16.1. The van der Waals surface area contributed by atoms with Crippen LogP contribution in [-0.2, 0) is 30.7 Å². The van der Waals surface area contributed by atoms with Crippen LogP contribution >= 0.6 is 0 Å². The van der Waals surface area contributed by atoms with E-state index in [0.717, 1.165) is 12.5 Å². The highest BCUT2D eigenvalue weighted by molar-refractivity contribution is 6.90. The van der Waals surface area contributed by atoms with Crippen molar-refractivity contribution < 1.29 is 30.7 Å². The monoisotopic (exact) mass is 514 g/mol. The van der Waals surface area contributed by atoms with Crippen LogP contribution < -0.4 is 0 Å². The summed E-state index contributed by atoms with van der Waals surface area (Å²) in [6, 6.07) is 0.982. The molecule has 0 rings (SSSR count). The van der Waals surface area contributed by atoms with Crippen LogP contribution in [-0.4, -0.2) is 68.1 Å². The number of carbonyl (C=O) groups excluding carboxylic acids is 1. The Labute approximate surface area is 190 Å². The number of hydrogen-bond donors (Lipinski definition) is 0. The Morgan fingerprint density at radius 3 is 1.67 bits per heavy atom. The van der Waals surface area contributed by atoms with Crippen molar-refractivity contribution in [2.24, 2.45) is 0 Å². The second-order valence-electron chi connectivity index (χ2n) is 10.7. The van der Waals surface area contributed by atoms with Crippen LogP contribution in [0.1, 0.15) is 13.3 Å². The highest BCUT2D eigenvalue weighted by Gasteiger charge is 2.45. The van der Waals surface area contributed by atoms with Gasteiger partial charge in [0, 0.05) is 6.61 Å². The van der Waals surface area contributed by atoms with Gasteiger partial charge in [-0.1, -0.05) is 0 Å². The SMILES string of the molecule is CC(COC=O)OCCC[Si](C)(C)O[Si](C)(C)O[Si](C)(C)O[Si](C)(C)O[Si](C)(C)C. The molecular weight excluding hydrogens is 469 g/mol. The first-order valence-electron chi connectivity index (χ1n) is 10.8. The predicted octanol–water partition coefficient (Wildman–Crippen LogP) is 5.17.